The van der Waals surface area contributed by atoms with Crippen molar-refractivity contribution in [3.63, 3.8) is 0 Å². The molecule has 1 N–H and O–H groups in total. The van der Waals surface area contributed by atoms with Crippen LogP contribution in [0, 0.1) is 21.4 Å². The molecule has 0 fully saturated rings. The summed E-state index contributed by atoms with van der Waals surface area (Å²) < 4.78 is 0. The number of non-ortho nitro benzene ring substituents is 1. The van der Waals surface area contributed by atoms with Gasteiger partial charge in [0.2, 0.25) is 0 Å². The first-order chi connectivity index (χ1) is 19.2. The predicted molar refractivity (Wildman–Crippen MR) is 165 cm³/mol. The highest BCUT2D eigenvalue weighted by Crippen LogP contribution is 2.45. The van der Waals surface area contributed by atoms with Crippen LogP contribution in [0.5, 0.6) is 0 Å². The van der Waals surface area contributed by atoms with Crippen LogP contribution in [0.25, 0.3) is 0 Å². The fourth-order valence-electron chi connectivity index (χ4n) is 4.94. The minimum atomic E-state index is -0.399. The van der Waals surface area contributed by atoms with Gasteiger partial charge in [-0.05, 0) is 66.5 Å². The minimum absolute atomic E-state index is 0.000557. The monoisotopic (exact) mass is 569 g/mol. The van der Waals surface area contributed by atoms with E-state index >= 15 is 0 Å². The number of carbonyl (C=O) groups excluding carboxylic acids is 1. The number of nitrogens with zero attached hydrogens (tertiary/aromatic N) is 2. The summed E-state index contributed by atoms with van der Waals surface area (Å²) in [5.41, 5.74) is 3.21. The molecule has 1 aliphatic carbocycles. The zero-order chi connectivity index (χ0) is 28.3. The van der Waals surface area contributed by atoms with Crippen LogP contribution in [0.3, 0.4) is 0 Å². The number of anilines is 1. The lowest BCUT2D eigenvalue weighted by atomic mass is 9.72. The van der Waals surface area contributed by atoms with E-state index < -0.39 is 4.92 Å². The molecule has 1 aliphatic rings. The molecule has 0 saturated carbocycles. The molecule has 5 rings (SSSR count). The highest BCUT2D eigenvalue weighted by atomic mass is 32.2. The summed E-state index contributed by atoms with van der Waals surface area (Å²) in [6.45, 7) is 6.81. The van der Waals surface area contributed by atoms with Gasteiger partial charge in [-0.3, -0.25) is 14.9 Å². The lowest BCUT2D eigenvalue weighted by molar-refractivity contribution is -0.384. The number of para-hydroxylation sites is 1. The predicted octanol–water partition coefficient (Wildman–Crippen LogP) is 8.96. The SMILES string of the molecule is CC(C)(C)[C@H]1CCc2c(sc(N=Cc3cc([N+](=O)[O-])ccc3Sc3ccccc3)c2C(=O)Nc2ccccc2)C1. The zero-order valence-electron chi connectivity index (χ0n) is 22.7. The van der Waals surface area contributed by atoms with Crippen molar-refractivity contribution in [3.8, 4) is 0 Å². The van der Waals surface area contributed by atoms with Crippen molar-refractivity contribution in [2.45, 2.75) is 49.8 Å². The van der Waals surface area contributed by atoms with Gasteiger partial charge in [-0.15, -0.1) is 11.3 Å². The van der Waals surface area contributed by atoms with Gasteiger partial charge in [-0.2, -0.15) is 0 Å². The Hall–Kier alpha value is -3.75. The Kier molecular flexibility index (Phi) is 8.19. The molecule has 40 heavy (non-hydrogen) atoms. The van der Waals surface area contributed by atoms with Crippen LogP contribution in [0.4, 0.5) is 16.4 Å². The lowest BCUT2D eigenvalue weighted by Gasteiger charge is -2.33. The van der Waals surface area contributed by atoms with Crippen LogP contribution in [-0.4, -0.2) is 17.0 Å². The van der Waals surface area contributed by atoms with E-state index in [1.54, 1.807) is 29.7 Å². The molecule has 8 heteroatoms. The van der Waals surface area contributed by atoms with Gasteiger partial charge in [0.1, 0.15) is 5.00 Å². The number of hydrogen-bond donors (Lipinski definition) is 1. The van der Waals surface area contributed by atoms with Crippen molar-refractivity contribution in [1.29, 1.82) is 0 Å². The normalized spacial score (nSPS) is 15.1. The lowest BCUT2D eigenvalue weighted by Crippen LogP contribution is -2.27. The number of aliphatic imine (C=N–C) groups is 1. The van der Waals surface area contributed by atoms with Crippen molar-refractivity contribution < 1.29 is 9.72 Å². The van der Waals surface area contributed by atoms with Crippen molar-refractivity contribution in [3.05, 3.63) is 111 Å². The van der Waals surface area contributed by atoms with Crippen LogP contribution in [0.1, 0.15) is 53.6 Å². The Balaban J connectivity index is 1.54. The maximum atomic E-state index is 13.6. The molecule has 1 aromatic heterocycles. The van der Waals surface area contributed by atoms with Crippen LogP contribution in [0.15, 0.2) is 93.6 Å². The van der Waals surface area contributed by atoms with Gasteiger partial charge < -0.3 is 5.32 Å². The van der Waals surface area contributed by atoms with E-state index in [9.17, 15) is 14.9 Å². The number of fused-ring (bicyclic) bond motifs is 1. The molecule has 0 aliphatic heterocycles. The number of nitro benzene ring substituents is 1. The minimum Gasteiger partial charge on any atom is -0.322 e. The van der Waals surface area contributed by atoms with E-state index in [1.807, 2.05) is 60.7 Å². The molecule has 0 unspecified atom stereocenters. The molecule has 1 atom stereocenters. The van der Waals surface area contributed by atoms with E-state index in [0.29, 0.717) is 22.0 Å². The average Bonchev–Trinajstić information content (AvgIpc) is 3.31. The number of nitro groups is 1. The standard InChI is InChI=1S/C32H31N3O3S2/c1-32(2,3)22-14-16-26-28(19-22)40-31(29(26)30(36)34-23-10-6-4-7-11-23)33-20-21-18-24(35(37)38)15-17-27(21)39-25-12-8-5-9-13-25/h4-13,15,17-18,20,22H,14,16,19H2,1-3H3,(H,34,36)/t22-/m0/s1. The van der Waals surface area contributed by atoms with Gasteiger partial charge >= 0.3 is 0 Å². The third kappa shape index (κ3) is 6.35. The molecule has 0 saturated heterocycles. The number of hydrogen-bond acceptors (Lipinski definition) is 6. The first kappa shape index (κ1) is 27.8. The van der Waals surface area contributed by atoms with E-state index in [1.165, 1.54) is 22.7 Å². The summed E-state index contributed by atoms with van der Waals surface area (Å²) in [5, 5.41) is 15.2. The maximum absolute atomic E-state index is 13.6. The Morgan fingerprint density at radius 3 is 2.45 bits per heavy atom. The first-order valence-electron chi connectivity index (χ1n) is 13.3. The zero-order valence-corrected chi connectivity index (χ0v) is 24.4. The van der Waals surface area contributed by atoms with Gasteiger partial charge in [0.15, 0.2) is 0 Å². The molecular weight excluding hydrogens is 539 g/mol. The topological polar surface area (TPSA) is 84.6 Å². The second-order valence-corrected chi connectivity index (χ2v) is 13.2. The Bertz CT molecular complexity index is 1560. The summed E-state index contributed by atoms with van der Waals surface area (Å²) in [7, 11) is 0. The van der Waals surface area contributed by atoms with Crippen molar-refractivity contribution >= 4 is 51.6 Å². The third-order valence-electron chi connectivity index (χ3n) is 7.23. The van der Waals surface area contributed by atoms with Gasteiger partial charge in [-0.25, -0.2) is 4.99 Å². The highest BCUT2D eigenvalue weighted by molar-refractivity contribution is 7.99. The quantitative estimate of drug-likeness (QED) is 0.137. The molecule has 6 nitrogen and oxygen atoms in total. The second-order valence-electron chi connectivity index (χ2n) is 11.0. The molecule has 0 spiro atoms. The average molecular weight is 570 g/mol. The second kappa shape index (κ2) is 11.8. The maximum Gasteiger partial charge on any atom is 0.270 e. The van der Waals surface area contributed by atoms with Crippen LogP contribution >= 0.6 is 23.1 Å². The Morgan fingerprint density at radius 1 is 1.07 bits per heavy atom. The first-order valence-corrected chi connectivity index (χ1v) is 14.9. The number of rotatable bonds is 7. The summed E-state index contributed by atoms with van der Waals surface area (Å²) in [5.74, 6) is 0.342. The van der Waals surface area contributed by atoms with E-state index in [2.05, 4.69) is 26.1 Å². The number of carbonyl (C=O) groups is 1. The van der Waals surface area contributed by atoms with Crippen LogP contribution in [-0.2, 0) is 12.8 Å². The number of amides is 1. The molecule has 204 valence electrons. The van der Waals surface area contributed by atoms with Crippen molar-refractivity contribution in [1.82, 2.24) is 0 Å². The van der Waals surface area contributed by atoms with E-state index in [4.69, 9.17) is 4.99 Å². The summed E-state index contributed by atoms with van der Waals surface area (Å²) in [4.78, 5) is 32.7. The molecular formula is C32H31N3O3S2. The van der Waals surface area contributed by atoms with Gasteiger partial charge in [0, 0.05) is 44.3 Å². The number of benzene rings is 3. The Morgan fingerprint density at radius 2 is 1.77 bits per heavy atom. The molecule has 0 radical (unpaired) electrons. The number of thiophene rings is 1. The van der Waals surface area contributed by atoms with Crippen molar-refractivity contribution in [2.75, 3.05) is 5.32 Å². The Labute approximate surface area is 242 Å². The largest absolute Gasteiger partial charge is 0.322 e. The van der Waals surface area contributed by atoms with Gasteiger partial charge in [0.25, 0.3) is 11.6 Å². The van der Waals surface area contributed by atoms with Gasteiger partial charge in [0.05, 0.1) is 10.5 Å². The third-order valence-corrected chi connectivity index (χ3v) is 9.49. The molecule has 0 bridgehead atoms. The van der Waals surface area contributed by atoms with Gasteiger partial charge in [-0.1, -0.05) is 68.9 Å². The summed E-state index contributed by atoms with van der Waals surface area (Å²) in [6.07, 6.45) is 4.42. The van der Waals surface area contributed by atoms with Crippen LogP contribution in [0.2, 0.25) is 0 Å². The molecule has 1 heterocycles. The van der Waals surface area contributed by atoms with E-state index in [0.717, 1.165) is 40.3 Å². The summed E-state index contributed by atoms with van der Waals surface area (Å²) in [6, 6.07) is 24.1. The smallest absolute Gasteiger partial charge is 0.270 e. The highest BCUT2D eigenvalue weighted by Gasteiger charge is 2.33. The number of nitrogens with one attached hydrogen (secondary N) is 1. The molecule has 3 aromatic carbocycles. The van der Waals surface area contributed by atoms with Crippen LogP contribution < -0.4 is 5.32 Å². The fourth-order valence-corrected chi connectivity index (χ4v) is 7.12. The van der Waals surface area contributed by atoms with E-state index in [-0.39, 0.29) is 17.0 Å². The molecule has 1 amide bonds. The van der Waals surface area contributed by atoms with Crippen molar-refractivity contribution in [2.24, 2.45) is 16.3 Å². The fraction of sp³-hybridized carbons (Fsp3) is 0.250. The summed E-state index contributed by atoms with van der Waals surface area (Å²) >= 11 is 3.08. The molecule has 4 aromatic rings.